The first-order valence-electron chi connectivity index (χ1n) is 7.68. The molecular weight excluding hydrogens is 346 g/mol. The molecule has 1 aromatic rings. The lowest BCUT2D eigenvalue weighted by Gasteiger charge is -2.22. The molecule has 0 aliphatic carbocycles. The molecule has 0 saturated heterocycles. The van der Waals surface area contributed by atoms with Crippen LogP contribution in [0.1, 0.15) is 39.2 Å². The highest BCUT2D eigenvalue weighted by Crippen LogP contribution is 2.21. The van der Waals surface area contributed by atoms with E-state index in [1.54, 1.807) is 0 Å². The summed E-state index contributed by atoms with van der Waals surface area (Å²) in [6.07, 6.45) is 2.27. The number of halogens is 1. The van der Waals surface area contributed by atoms with Crippen molar-refractivity contribution in [2.45, 2.75) is 57.4 Å². The maximum Gasteiger partial charge on any atom is 0.0704 e. The van der Waals surface area contributed by atoms with Gasteiger partial charge in [0.2, 0.25) is 0 Å². The molecule has 3 N–H and O–H groups in total. The van der Waals surface area contributed by atoms with Gasteiger partial charge in [-0.05, 0) is 48.6 Å². The number of hydrogen-bond acceptors (Lipinski definition) is 3. The molecule has 0 bridgehead atoms. The summed E-state index contributed by atoms with van der Waals surface area (Å²) >= 11 is 5.40. The van der Waals surface area contributed by atoms with Gasteiger partial charge >= 0.3 is 0 Å². The first-order valence-corrected chi connectivity index (χ1v) is 9.52. The van der Waals surface area contributed by atoms with Gasteiger partial charge in [0.15, 0.2) is 0 Å². The maximum atomic E-state index is 10.3. The van der Waals surface area contributed by atoms with Crippen LogP contribution in [0.5, 0.6) is 0 Å². The first-order chi connectivity index (χ1) is 9.88. The van der Waals surface area contributed by atoms with Gasteiger partial charge in [0.1, 0.15) is 0 Å². The molecule has 2 nitrogen and oxygen atoms in total. The Labute approximate surface area is 142 Å². The molecule has 0 amide bonds. The molecule has 0 aliphatic heterocycles. The monoisotopic (exact) mass is 373 g/mol. The fourth-order valence-corrected chi connectivity index (χ4v) is 3.95. The van der Waals surface area contributed by atoms with Gasteiger partial charge < -0.3 is 10.8 Å². The minimum atomic E-state index is -0.439. The third-order valence-corrected chi connectivity index (χ3v) is 5.25. The van der Waals surface area contributed by atoms with Crippen molar-refractivity contribution in [3.63, 3.8) is 0 Å². The van der Waals surface area contributed by atoms with Crippen molar-refractivity contribution in [1.82, 2.24) is 0 Å². The molecule has 3 atom stereocenters. The van der Waals surface area contributed by atoms with Crippen LogP contribution >= 0.6 is 27.7 Å². The molecule has 4 heteroatoms. The Bertz CT molecular complexity index is 414. The normalized spacial score (nSPS) is 16.0. The zero-order valence-corrected chi connectivity index (χ0v) is 15.7. The van der Waals surface area contributed by atoms with E-state index in [2.05, 4.69) is 48.8 Å². The molecular formula is C17H28BrNOS. The molecule has 0 unspecified atom stereocenters. The molecule has 0 fully saturated rings. The Hall–Kier alpha value is -0.0300. The second kappa shape index (κ2) is 9.88. The van der Waals surface area contributed by atoms with E-state index >= 15 is 0 Å². The van der Waals surface area contributed by atoms with Crippen LogP contribution in [-0.2, 0) is 6.42 Å². The van der Waals surface area contributed by atoms with E-state index in [1.807, 2.05) is 23.9 Å². The molecule has 120 valence electrons. The van der Waals surface area contributed by atoms with Gasteiger partial charge in [-0.2, -0.15) is 11.8 Å². The summed E-state index contributed by atoms with van der Waals surface area (Å²) in [5, 5.41) is 10.7. The average molecular weight is 374 g/mol. The highest BCUT2D eigenvalue weighted by atomic mass is 79.9. The quantitative estimate of drug-likeness (QED) is 0.680. The highest BCUT2D eigenvalue weighted by Gasteiger charge is 2.18. The van der Waals surface area contributed by atoms with Crippen LogP contribution in [0.2, 0.25) is 0 Å². The van der Waals surface area contributed by atoms with E-state index in [4.69, 9.17) is 5.73 Å². The number of rotatable bonds is 9. The fourth-order valence-electron chi connectivity index (χ4n) is 2.16. The number of aliphatic hydroxyl groups excluding tert-OH is 1. The van der Waals surface area contributed by atoms with E-state index in [0.29, 0.717) is 11.7 Å². The Morgan fingerprint density at radius 3 is 2.62 bits per heavy atom. The molecule has 21 heavy (non-hydrogen) atoms. The standard InChI is InChI=1S/C17H28BrNOS/c1-12(2)7-8-21-13(3)9-17(20)16(19)11-14-5-4-6-15(18)10-14/h4-6,10,12-13,16-17,20H,7-9,11,19H2,1-3H3/t13-,16-,17+/m0/s1. The minimum Gasteiger partial charge on any atom is -0.391 e. The lowest BCUT2D eigenvalue weighted by atomic mass is 9.99. The van der Waals surface area contributed by atoms with Crippen molar-refractivity contribution in [3.8, 4) is 0 Å². The number of nitrogens with two attached hydrogens (primary N) is 1. The number of hydrogen-bond donors (Lipinski definition) is 2. The van der Waals surface area contributed by atoms with Gasteiger partial charge in [-0.1, -0.05) is 48.8 Å². The predicted octanol–water partition coefficient (Wildman–Crippen LogP) is 4.24. The lowest BCUT2D eigenvalue weighted by Crippen LogP contribution is -2.38. The number of benzene rings is 1. The van der Waals surface area contributed by atoms with Gasteiger partial charge in [-0.15, -0.1) is 0 Å². The maximum absolute atomic E-state index is 10.3. The van der Waals surface area contributed by atoms with Crippen LogP contribution < -0.4 is 5.73 Å². The lowest BCUT2D eigenvalue weighted by molar-refractivity contribution is 0.135. The van der Waals surface area contributed by atoms with Gasteiger partial charge in [-0.3, -0.25) is 0 Å². The molecule has 1 rings (SSSR count). The molecule has 0 spiro atoms. The molecule has 0 radical (unpaired) electrons. The van der Waals surface area contributed by atoms with E-state index < -0.39 is 6.10 Å². The largest absolute Gasteiger partial charge is 0.391 e. The summed E-state index contributed by atoms with van der Waals surface area (Å²) in [6, 6.07) is 7.92. The summed E-state index contributed by atoms with van der Waals surface area (Å²) in [6.45, 7) is 6.67. The van der Waals surface area contributed by atoms with Crippen LogP contribution in [0.3, 0.4) is 0 Å². The van der Waals surface area contributed by atoms with Crippen molar-refractivity contribution in [3.05, 3.63) is 34.3 Å². The third kappa shape index (κ3) is 8.24. The summed E-state index contributed by atoms with van der Waals surface area (Å²) in [7, 11) is 0. The summed E-state index contributed by atoms with van der Waals surface area (Å²) in [4.78, 5) is 0. The first kappa shape index (κ1) is 19.0. The molecule has 0 heterocycles. The van der Waals surface area contributed by atoms with Crippen molar-refractivity contribution in [2.75, 3.05) is 5.75 Å². The summed E-state index contributed by atoms with van der Waals surface area (Å²) in [5.74, 6) is 1.90. The SMILES string of the molecule is CC(C)CCS[C@@H](C)C[C@@H](O)[C@@H](N)Cc1cccc(Br)c1. The molecule has 0 aliphatic rings. The Morgan fingerprint density at radius 2 is 2.00 bits per heavy atom. The van der Waals surface area contributed by atoms with Crippen molar-refractivity contribution >= 4 is 27.7 Å². The number of thioether (sulfide) groups is 1. The van der Waals surface area contributed by atoms with E-state index in [0.717, 1.165) is 28.1 Å². The van der Waals surface area contributed by atoms with Crippen LogP contribution in [-0.4, -0.2) is 28.3 Å². The van der Waals surface area contributed by atoms with Crippen LogP contribution in [0.4, 0.5) is 0 Å². The van der Waals surface area contributed by atoms with E-state index in [1.165, 1.54) is 6.42 Å². The Kier molecular flexibility index (Phi) is 8.95. The second-order valence-corrected chi connectivity index (χ2v) is 8.63. The van der Waals surface area contributed by atoms with Crippen LogP contribution in [0, 0.1) is 5.92 Å². The van der Waals surface area contributed by atoms with Gasteiger partial charge in [0.25, 0.3) is 0 Å². The van der Waals surface area contributed by atoms with Crippen molar-refractivity contribution < 1.29 is 5.11 Å². The fraction of sp³-hybridized carbons (Fsp3) is 0.647. The van der Waals surface area contributed by atoms with Crippen LogP contribution in [0.15, 0.2) is 28.7 Å². The molecule has 0 aromatic heterocycles. The molecule has 0 saturated carbocycles. The summed E-state index contributed by atoms with van der Waals surface area (Å²) < 4.78 is 1.05. The third-order valence-electron chi connectivity index (χ3n) is 3.53. The molecule has 1 aromatic carbocycles. The van der Waals surface area contributed by atoms with E-state index in [9.17, 15) is 5.11 Å². The zero-order valence-electron chi connectivity index (χ0n) is 13.3. The predicted molar refractivity (Wildman–Crippen MR) is 97.8 cm³/mol. The summed E-state index contributed by atoms with van der Waals surface area (Å²) in [5.41, 5.74) is 7.31. The smallest absolute Gasteiger partial charge is 0.0704 e. The highest BCUT2D eigenvalue weighted by molar-refractivity contribution is 9.10. The Morgan fingerprint density at radius 1 is 1.29 bits per heavy atom. The number of aliphatic hydroxyl groups is 1. The van der Waals surface area contributed by atoms with Crippen LogP contribution in [0.25, 0.3) is 0 Å². The van der Waals surface area contributed by atoms with Crippen molar-refractivity contribution in [2.24, 2.45) is 11.7 Å². The van der Waals surface area contributed by atoms with Crippen molar-refractivity contribution in [1.29, 1.82) is 0 Å². The Balaban J connectivity index is 2.34. The van der Waals surface area contributed by atoms with Gasteiger partial charge in [-0.25, -0.2) is 0 Å². The van der Waals surface area contributed by atoms with E-state index in [-0.39, 0.29) is 6.04 Å². The van der Waals surface area contributed by atoms with Gasteiger partial charge in [0, 0.05) is 15.8 Å². The average Bonchev–Trinajstić information content (AvgIpc) is 2.38. The zero-order chi connectivity index (χ0) is 15.8. The second-order valence-electron chi connectivity index (χ2n) is 6.16. The topological polar surface area (TPSA) is 46.2 Å². The minimum absolute atomic E-state index is 0.201. The van der Waals surface area contributed by atoms with Gasteiger partial charge in [0.05, 0.1) is 6.10 Å².